The molecule has 0 spiro atoms. The van der Waals surface area contributed by atoms with Gasteiger partial charge in [-0.3, -0.25) is 14.9 Å². The number of benzene rings is 2. The van der Waals surface area contributed by atoms with Crippen molar-refractivity contribution < 1.29 is 24.0 Å². The van der Waals surface area contributed by atoms with Crippen LogP contribution in [0.3, 0.4) is 0 Å². The summed E-state index contributed by atoms with van der Waals surface area (Å²) >= 11 is 0. The summed E-state index contributed by atoms with van der Waals surface area (Å²) in [6.07, 6.45) is 0. The summed E-state index contributed by atoms with van der Waals surface area (Å²) in [6.45, 7) is 1.43. The van der Waals surface area contributed by atoms with Crippen molar-refractivity contribution in [2.24, 2.45) is 0 Å². The molecule has 2 aromatic rings. The highest BCUT2D eigenvalue weighted by molar-refractivity contribution is 5.90. The van der Waals surface area contributed by atoms with E-state index in [0.717, 1.165) is 11.6 Å². The van der Waals surface area contributed by atoms with Crippen LogP contribution in [-0.4, -0.2) is 30.5 Å². The Labute approximate surface area is 149 Å². The van der Waals surface area contributed by atoms with Crippen LogP contribution in [0.5, 0.6) is 5.75 Å². The average molecular weight is 358 g/mol. The zero-order chi connectivity index (χ0) is 19.1. The van der Waals surface area contributed by atoms with Crippen LogP contribution >= 0.6 is 0 Å². The summed E-state index contributed by atoms with van der Waals surface area (Å²) in [4.78, 5) is 34.0. The second kappa shape index (κ2) is 8.61. The number of hydrogen-bond acceptors (Lipinski definition) is 6. The molecule has 0 aliphatic rings. The Hall–Kier alpha value is -3.42. The smallest absolute Gasteiger partial charge is 0.338 e. The maximum absolute atomic E-state index is 12.0. The highest BCUT2D eigenvalue weighted by atomic mass is 16.6. The van der Waals surface area contributed by atoms with Crippen LogP contribution in [0.25, 0.3) is 0 Å². The monoisotopic (exact) mass is 358 g/mol. The second-order valence-electron chi connectivity index (χ2n) is 5.42. The number of rotatable bonds is 7. The first kappa shape index (κ1) is 18.9. The Bertz CT molecular complexity index is 807. The third-order valence-electron chi connectivity index (χ3n) is 3.61. The molecule has 0 aliphatic heterocycles. The summed E-state index contributed by atoms with van der Waals surface area (Å²) in [5, 5.41) is 13.9. The topological polar surface area (TPSA) is 108 Å². The molecule has 1 N–H and O–H groups in total. The van der Waals surface area contributed by atoms with E-state index in [-0.39, 0.29) is 17.4 Å². The zero-order valence-corrected chi connectivity index (χ0v) is 14.3. The Morgan fingerprint density at radius 3 is 2.50 bits per heavy atom. The van der Waals surface area contributed by atoms with Crippen molar-refractivity contribution in [2.75, 3.05) is 13.7 Å². The van der Waals surface area contributed by atoms with Gasteiger partial charge in [-0.1, -0.05) is 30.3 Å². The van der Waals surface area contributed by atoms with E-state index in [9.17, 15) is 19.7 Å². The van der Waals surface area contributed by atoms with Crippen molar-refractivity contribution in [3.05, 3.63) is 69.8 Å². The van der Waals surface area contributed by atoms with Crippen LogP contribution in [0.2, 0.25) is 0 Å². The number of nitrogens with zero attached hydrogens (tertiary/aromatic N) is 1. The first-order chi connectivity index (χ1) is 12.4. The zero-order valence-electron chi connectivity index (χ0n) is 14.3. The number of nitro benzene ring substituents is 1. The molecule has 0 saturated carbocycles. The van der Waals surface area contributed by atoms with Gasteiger partial charge < -0.3 is 14.8 Å². The molecule has 8 nitrogen and oxygen atoms in total. The number of hydrogen-bond donors (Lipinski definition) is 1. The Kier molecular flexibility index (Phi) is 6.26. The van der Waals surface area contributed by atoms with E-state index in [1.54, 1.807) is 0 Å². The number of nitrogens with one attached hydrogen (secondary N) is 1. The second-order valence-corrected chi connectivity index (χ2v) is 5.42. The summed E-state index contributed by atoms with van der Waals surface area (Å²) in [7, 11) is 1.18. The van der Waals surface area contributed by atoms with Gasteiger partial charge in [0, 0.05) is 6.07 Å². The van der Waals surface area contributed by atoms with Gasteiger partial charge in [0.2, 0.25) is 0 Å². The third-order valence-corrected chi connectivity index (χ3v) is 3.61. The molecule has 1 atom stereocenters. The SMILES string of the molecule is COC(=O)c1ccc(OCC(=O)N[C@H](C)c2ccccc2)c([N+](=O)[O-])c1. The van der Waals surface area contributed by atoms with Crippen LogP contribution in [0.4, 0.5) is 5.69 Å². The number of esters is 1. The van der Waals surface area contributed by atoms with Crippen LogP contribution in [0.1, 0.15) is 28.9 Å². The molecule has 8 heteroatoms. The molecule has 0 heterocycles. The van der Waals surface area contributed by atoms with E-state index >= 15 is 0 Å². The van der Waals surface area contributed by atoms with E-state index in [1.807, 2.05) is 37.3 Å². The van der Waals surface area contributed by atoms with E-state index in [0.29, 0.717) is 0 Å². The molecule has 2 rings (SSSR count). The van der Waals surface area contributed by atoms with Gasteiger partial charge in [-0.2, -0.15) is 0 Å². The van der Waals surface area contributed by atoms with Crippen LogP contribution in [0.15, 0.2) is 48.5 Å². The van der Waals surface area contributed by atoms with E-state index in [2.05, 4.69) is 10.1 Å². The molecule has 1 amide bonds. The first-order valence-electron chi connectivity index (χ1n) is 7.76. The fourth-order valence-corrected chi connectivity index (χ4v) is 2.28. The largest absolute Gasteiger partial charge is 0.477 e. The van der Waals surface area contributed by atoms with Crippen molar-refractivity contribution in [1.82, 2.24) is 5.32 Å². The number of carbonyl (C=O) groups is 2. The van der Waals surface area contributed by atoms with Gasteiger partial charge in [-0.05, 0) is 24.6 Å². The molecule has 0 aliphatic carbocycles. The minimum atomic E-state index is -0.700. The molecule has 0 bridgehead atoms. The molecule has 0 aromatic heterocycles. The van der Waals surface area contributed by atoms with Gasteiger partial charge in [-0.25, -0.2) is 4.79 Å². The van der Waals surface area contributed by atoms with E-state index in [1.165, 1.54) is 19.2 Å². The molecule has 0 saturated heterocycles. The lowest BCUT2D eigenvalue weighted by Gasteiger charge is -2.14. The summed E-state index contributed by atoms with van der Waals surface area (Å²) in [6, 6.07) is 12.8. The molecule has 0 unspecified atom stereocenters. The summed E-state index contributed by atoms with van der Waals surface area (Å²) in [5.41, 5.74) is 0.528. The highest BCUT2D eigenvalue weighted by Gasteiger charge is 2.20. The quantitative estimate of drug-likeness (QED) is 0.463. The van der Waals surface area contributed by atoms with Crippen molar-refractivity contribution in [1.29, 1.82) is 0 Å². The molecule has 0 fully saturated rings. The average Bonchev–Trinajstić information content (AvgIpc) is 2.66. The summed E-state index contributed by atoms with van der Waals surface area (Å²) in [5.74, 6) is -1.23. The van der Waals surface area contributed by atoms with Gasteiger partial charge >= 0.3 is 11.7 Å². The van der Waals surface area contributed by atoms with Gasteiger partial charge in [-0.15, -0.1) is 0 Å². The Morgan fingerprint density at radius 1 is 1.19 bits per heavy atom. The molecule has 0 radical (unpaired) electrons. The third kappa shape index (κ3) is 4.79. The predicted octanol–water partition coefficient (Wildman–Crippen LogP) is 2.64. The maximum atomic E-state index is 12.0. The van der Waals surface area contributed by atoms with Gasteiger partial charge in [0.05, 0.1) is 23.6 Å². The number of methoxy groups -OCH3 is 1. The van der Waals surface area contributed by atoms with Crippen LogP contribution < -0.4 is 10.1 Å². The van der Waals surface area contributed by atoms with Gasteiger partial charge in [0.25, 0.3) is 5.91 Å². The fraction of sp³-hybridized carbons (Fsp3) is 0.222. The van der Waals surface area contributed by atoms with Gasteiger partial charge in [0.1, 0.15) is 0 Å². The Balaban J connectivity index is 2.03. The highest BCUT2D eigenvalue weighted by Crippen LogP contribution is 2.28. The molecular formula is C18H18N2O6. The lowest BCUT2D eigenvalue weighted by Crippen LogP contribution is -2.31. The summed E-state index contributed by atoms with van der Waals surface area (Å²) < 4.78 is 9.79. The standard InChI is InChI=1S/C18H18N2O6/c1-12(13-6-4-3-5-7-13)19-17(21)11-26-16-9-8-14(18(22)25-2)10-15(16)20(23)24/h3-10,12H,11H2,1-2H3,(H,19,21)/t12-/m1/s1. The van der Waals surface area contributed by atoms with Crippen molar-refractivity contribution in [3.63, 3.8) is 0 Å². The minimum Gasteiger partial charge on any atom is -0.477 e. The predicted molar refractivity (Wildman–Crippen MR) is 92.9 cm³/mol. The first-order valence-corrected chi connectivity index (χ1v) is 7.76. The molecular weight excluding hydrogens is 340 g/mol. The number of carbonyl (C=O) groups excluding carboxylic acids is 2. The minimum absolute atomic E-state index is 0.0219. The van der Waals surface area contributed by atoms with Crippen LogP contribution in [-0.2, 0) is 9.53 Å². The van der Waals surface area contributed by atoms with E-state index < -0.39 is 29.1 Å². The maximum Gasteiger partial charge on any atom is 0.338 e. The normalized spacial score (nSPS) is 11.3. The fourth-order valence-electron chi connectivity index (χ4n) is 2.28. The number of amides is 1. The molecule has 26 heavy (non-hydrogen) atoms. The number of ether oxygens (including phenoxy) is 2. The molecule has 2 aromatic carbocycles. The van der Waals surface area contributed by atoms with Crippen molar-refractivity contribution in [3.8, 4) is 5.75 Å². The van der Waals surface area contributed by atoms with Gasteiger partial charge in [0.15, 0.2) is 12.4 Å². The number of nitro groups is 1. The van der Waals surface area contributed by atoms with E-state index in [4.69, 9.17) is 4.74 Å². The lowest BCUT2D eigenvalue weighted by atomic mass is 10.1. The van der Waals surface area contributed by atoms with Crippen molar-refractivity contribution in [2.45, 2.75) is 13.0 Å². The Morgan fingerprint density at radius 2 is 1.88 bits per heavy atom. The lowest BCUT2D eigenvalue weighted by molar-refractivity contribution is -0.385. The van der Waals surface area contributed by atoms with Crippen molar-refractivity contribution >= 4 is 17.6 Å². The molecule has 136 valence electrons. The van der Waals surface area contributed by atoms with Crippen LogP contribution in [0, 0.1) is 10.1 Å².